The summed E-state index contributed by atoms with van der Waals surface area (Å²) in [4.78, 5) is 11.4. The summed E-state index contributed by atoms with van der Waals surface area (Å²) in [6, 6.07) is 4.21. The minimum absolute atomic E-state index is 0.143. The monoisotopic (exact) mass is 247 g/mol. The number of benzene rings is 1. The van der Waals surface area contributed by atoms with E-state index in [-0.39, 0.29) is 5.41 Å². The molecule has 0 fully saturated rings. The normalized spacial score (nSPS) is 20.4. The SMILES string of the molecule is CNC(=O)Oc1c(C)ccc2c1CC(C)C2(C)C. The smallest absolute Gasteiger partial charge is 0.410 e. The summed E-state index contributed by atoms with van der Waals surface area (Å²) in [7, 11) is 1.58. The number of fused-ring (bicyclic) bond motifs is 1. The lowest BCUT2D eigenvalue weighted by atomic mass is 9.79. The van der Waals surface area contributed by atoms with E-state index in [1.165, 1.54) is 11.1 Å². The molecule has 0 aromatic heterocycles. The van der Waals surface area contributed by atoms with Crippen LogP contribution in [0.4, 0.5) is 4.79 Å². The van der Waals surface area contributed by atoms with E-state index in [0.717, 1.165) is 17.7 Å². The van der Waals surface area contributed by atoms with Gasteiger partial charge in [0.1, 0.15) is 5.75 Å². The maximum absolute atomic E-state index is 11.4. The number of hydrogen-bond donors (Lipinski definition) is 1. The van der Waals surface area contributed by atoms with E-state index in [1.54, 1.807) is 7.05 Å². The lowest BCUT2D eigenvalue weighted by Crippen LogP contribution is -2.23. The molecule has 1 N–H and O–H groups in total. The summed E-state index contributed by atoms with van der Waals surface area (Å²) in [6.45, 7) is 8.73. The third kappa shape index (κ3) is 1.88. The maximum Gasteiger partial charge on any atom is 0.412 e. The fraction of sp³-hybridized carbons (Fsp3) is 0.533. The van der Waals surface area contributed by atoms with Crippen LogP contribution < -0.4 is 10.1 Å². The van der Waals surface area contributed by atoms with Crippen molar-refractivity contribution in [1.82, 2.24) is 5.32 Å². The maximum atomic E-state index is 11.4. The topological polar surface area (TPSA) is 38.3 Å². The second kappa shape index (κ2) is 4.30. The highest BCUT2D eigenvalue weighted by molar-refractivity contribution is 5.71. The molecule has 1 aliphatic carbocycles. The summed E-state index contributed by atoms with van der Waals surface area (Å²) in [5, 5.41) is 2.50. The summed E-state index contributed by atoms with van der Waals surface area (Å²) >= 11 is 0. The predicted octanol–water partition coefficient (Wildman–Crippen LogP) is 3.18. The Morgan fingerprint density at radius 3 is 2.72 bits per heavy atom. The van der Waals surface area contributed by atoms with Gasteiger partial charge >= 0.3 is 6.09 Å². The van der Waals surface area contributed by atoms with Crippen molar-refractivity contribution in [3.8, 4) is 5.75 Å². The van der Waals surface area contributed by atoms with Crippen LogP contribution >= 0.6 is 0 Å². The zero-order valence-electron chi connectivity index (χ0n) is 11.8. The highest BCUT2D eigenvalue weighted by Gasteiger charge is 2.38. The van der Waals surface area contributed by atoms with Crippen LogP contribution in [-0.2, 0) is 11.8 Å². The van der Waals surface area contributed by atoms with Crippen molar-refractivity contribution >= 4 is 6.09 Å². The van der Waals surface area contributed by atoms with Gasteiger partial charge in [-0.2, -0.15) is 0 Å². The van der Waals surface area contributed by atoms with Crippen molar-refractivity contribution in [2.75, 3.05) is 7.05 Å². The van der Waals surface area contributed by atoms with Gasteiger partial charge in [0.25, 0.3) is 0 Å². The van der Waals surface area contributed by atoms with Gasteiger partial charge in [-0.15, -0.1) is 0 Å². The Kier molecular flexibility index (Phi) is 3.09. The molecule has 0 saturated heterocycles. The van der Waals surface area contributed by atoms with Gasteiger partial charge in [-0.25, -0.2) is 4.79 Å². The second-order valence-electron chi connectivity index (χ2n) is 5.70. The first kappa shape index (κ1) is 12.9. The Bertz CT molecular complexity index is 492. The first-order chi connectivity index (χ1) is 8.37. The summed E-state index contributed by atoms with van der Waals surface area (Å²) in [5.41, 5.74) is 3.65. The number of carbonyl (C=O) groups excluding carboxylic acids is 1. The van der Waals surface area contributed by atoms with E-state index >= 15 is 0 Å². The molecule has 1 unspecified atom stereocenters. The van der Waals surface area contributed by atoms with Gasteiger partial charge in [0.15, 0.2) is 0 Å². The first-order valence-corrected chi connectivity index (χ1v) is 6.40. The van der Waals surface area contributed by atoms with E-state index in [2.05, 4.69) is 32.2 Å². The third-order valence-electron chi connectivity index (χ3n) is 4.29. The molecule has 0 spiro atoms. The Hall–Kier alpha value is -1.51. The molecular formula is C15H21NO2. The number of carbonyl (C=O) groups is 1. The molecule has 1 aromatic rings. The molecule has 1 aliphatic rings. The van der Waals surface area contributed by atoms with E-state index in [1.807, 2.05) is 13.0 Å². The zero-order valence-corrected chi connectivity index (χ0v) is 11.8. The highest BCUT2D eigenvalue weighted by Crippen LogP contribution is 2.46. The van der Waals surface area contributed by atoms with Gasteiger partial charge in [0.05, 0.1) is 0 Å². The standard InChI is InChI=1S/C15H21NO2/c1-9-6-7-12-11(8-10(2)15(12,3)4)13(9)18-14(17)16-5/h6-7,10H,8H2,1-5H3,(H,16,17). The Balaban J connectivity index is 2.50. The molecule has 0 heterocycles. The van der Waals surface area contributed by atoms with Crippen molar-refractivity contribution in [2.24, 2.45) is 5.92 Å². The average Bonchev–Trinajstić information content (AvgIpc) is 2.54. The van der Waals surface area contributed by atoms with Crippen molar-refractivity contribution in [3.63, 3.8) is 0 Å². The number of ether oxygens (including phenoxy) is 1. The first-order valence-electron chi connectivity index (χ1n) is 6.40. The van der Waals surface area contributed by atoms with E-state index in [0.29, 0.717) is 5.92 Å². The molecule has 0 radical (unpaired) electrons. The Labute approximate surface area is 109 Å². The lowest BCUT2D eigenvalue weighted by Gasteiger charge is -2.25. The summed E-state index contributed by atoms with van der Waals surface area (Å²) in [5.74, 6) is 1.30. The Morgan fingerprint density at radius 1 is 1.44 bits per heavy atom. The van der Waals surface area contributed by atoms with Gasteiger partial charge in [0, 0.05) is 7.05 Å². The average molecular weight is 247 g/mol. The third-order valence-corrected chi connectivity index (χ3v) is 4.29. The highest BCUT2D eigenvalue weighted by atomic mass is 16.6. The van der Waals surface area contributed by atoms with Crippen LogP contribution in [0.25, 0.3) is 0 Å². The molecule has 2 rings (SSSR count). The van der Waals surface area contributed by atoms with Gasteiger partial charge < -0.3 is 10.1 Å². The van der Waals surface area contributed by atoms with Crippen LogP contribution in [0.2, 0.25) is 0 Å². The van der Waals surface area contributed by atoms with Crippen molar-refractivity contribution in [3.05, 3.63) is 28.8 Å². The largest absolute Gasteiger partial charge is 0.412 e. The van der Waals surface area contributed by atoms with Crippen LogP contribution in [-0.4, -0.2) is 13.1 Å². The molecule has 98 valence electrons. The van der Waals surface area contributed by atoms with Gasteiger partial charge in [-0.3, -0.25) is 0 Å². The second-order valence-corrected chi connectivity index (χ2v) is 5.70. The molecule has 3 heteroatoms. The number of hydrogen-bond acceptors (Lipinski definition) is 2. The quantitative estimate of drug-likeness (QED) is 0.827. The lowest BCUT2D eigenvalue weighted by molar-refractivity contribution is 0.202. The Morgan fingerprint density at radius 2 is 2.11 bits per heavy atom. The molecule has 1 aromatic carbocycles. The molecule has 0 aliphatic heterocycles. The number of amides is 1. The number of nitrogens with one attached hydrogen (secondary N) is 1. The minimum Gasteiger partial charge on any atom is -0.410 e. The van der Waals surface area contributed by atoms with E-state index < -0.39 is 6.09 Å². The molecule has 0 saturated carbocycles. The zero-order chi connectivity index (χ0) is 13.5. The molecule has 3 nitrogen and oxygen atoms in total. The van der Waals surface area contributed by atoms with Crippen molar-refractivity contribution in [2.45, 2.75) is 39.5 Å². The van der Waals surface area contributed by atoms with Gasteiger partial charge in [-0.05, 0) is 41.4 Å². The predicted molar refractivity (Wildman–Crippen MR) is 72.2 cm³/mol. The van der Waals surface area contributed by atoms with Crippen LogP contribution in [0, 0.1) is 12.8 Å². The van der Waals surface area contributed by atoms with Crippen LogP contribution in [0.5, 0.6) is 5.75 Å². The van der Waals surface area contributed by atoms with Crippen molar-refractivity contribution < 1.29 is 9.53 Å². The molecule has 1 atom stereocenters. The molecular weight excluding hydrogens is 226 g/mol. The molecule has 1 amide bonds. The number of aryl methyl sites for hydroxylation is 1. The van der Waals surface area contributed by atoms with Gasteiger partial charge in [-0.1, -0.05) is 32.9 Å². The molecule has 0 bridgehead atoms. The van der Waals surface area contributed by atoms with Crippen molar-refractivity contribution in [1.29, 1.82) is 0 Å². The summed E-state index contributed by atoms with van der Waals surface area (Å²) < 4.78 is 5.43. The molecule has 18 heavy (non-hydrogen) atoms. The van der Waals surface area contributed by atoms with Crippen LogP contribution in [0.15, 0.2) is 12.1 Å². The minimum atomic E-state index is -0.399. The van der Waals surface area contributed by atoms with E-state index in [4.69, 9.17) is 4.74 Å². The van der Waals surface area contributed by atoms with Crippen LogP contribution in [0.1, 0.15) is 37.5 Å². The van der Waals surface area contributed by atoms with Crippen LogP contribution in [0.3, 0.4) is 0 Å². The fourth-order valence-electron chi connectivity index (χ4n) is 2.66. The number of rotatable bonds is 1. The van der Waals surface area contributed by atoms with E-state index in [9.17, 15) is 4.79 Å². The fourth-order valence-corrected chi connectivity index (χ4v) is 2.66. The van der Waals surface area contributed by atoms with Gasteiger partial charge in [0.2, 0.25) is 0 Å². The summed E-state index contributed by atoms with van der Waals surface area (Å²) in [6.07, 6.45) is 0.569.